The summed E-state index contributed by atoms with van der Waals surface area (Å²) in [6, 6.07) is 3.17. The van der Waals surface area contributed by atoms with Gasteiger partial charge in [0.15, 0.2) is 11.6 Å². The summed E-state index contributed by atoms with van der Waals surface area (Å²) in [6.45, 7) is 6.30. The molecule has 1 nitrogen and oxygen atoms in total. The van der Waals surface area contributed by atoms with Gasteiger partial charge in [0.05, 0.1) is 6.61 Å². The third-order valence-electron chi connectivity index (χ3n) is 3.93. The predicted octanol–water partition coefficient (Wildman–Crippen LogP) is 4.82. The molecule has 2 rings (SSSR count). The van der Waals surface area contributed by atoms with Crippen LogP contribution in [0.4, 0.5) is 8.78 Å². The molecule has 0 saturated carbocycles. The number of benzene rings is 1. The van der Waals surface area contributed by atoms with Gasteiger partial charge in [-0.25, -0.2) is 4.39 Å². The number of ether oxygens (including phenoxy) is 1. The topological polar surface area (TPSA) is 9.23 Å². The van der Waals surface area contributed by atoms with Crippen LogP contribution in [0.2, 0.25) is 0 Å². The van der Waals surface area contributed by atoms with Gasteiger partial charge < -0.3 is 4.74 Å². The maximum Gasteiger partial charge on any atom is 0.200 e. The Labute approximate surface area is 113 Å². The minimum Gasteiger partial charge on any atom is -0.491 e. The molecule has 0 fully saturated rings. The SMILES string of the molecule is CCOc1ccc(C2C=C(C)C(C)CC2)c(F)c1F. The van der Waals surface area contributed by atoms with E-state index in [1.54, 1.807) is 13.0 Å². The van der Waals surface area contributed by atoms with Gasteiger partial charge in [-0.05, 0) is 44.2 Å². The van der Waals surface area contributed by atoms with Crippen LogP contribution in [0.1, 0.15) is 45.1 Å². The zero-order chi connectivity index (χ0) is 14.0. The van der Waals surface area contributed by atoms with Crippen molar-refractivity contribution < 1.29 is 13.5 Å². The number of rotatable bonds is 3. The summed E-state index contributed by atoms with van der Waals surface area (Å²) >= 11 is 0. The van der Waals surface area contributed by atoms with Gasteiger partial charge in [-0.1, -0.05) is 24.6 Å². The van der Waals surface area contributed by atoms with Gasteiger partial charge >= 0.3 is 0 Å². The fourth-order valence-electron chi connectivity index (χ4n) is 2.57. The van der Waals surface area contributed by atoms with E-state index >= 15 is 0 Å². The summed E-state index contributed by atoms with van der Waals surface area (Å²) in [5.41, 5.74) is 1.69. The molecule has 0 spiro atoms. The van der Waals surface area contributed by atoms with Gasteiger partial charge in [-0.15, -0.1) is 0 Å². The van der Waals surface area contributed by atoms with E-state index < -0.39 is 11.6 Å². The van der Waals surface area contributed by atoms with Gasteiger partial charge in [0, 0.05) is 5.92 Å². The van der Waals surface area contributed by atoms with E-state index in [-0.39, 0.29) is 11.7 Å². The highest BCUT2D eigenvalue weighted by Crippen LogP contribution is 2.37. The molecule has 0 bridgehead atoms. The van der Waals surface area contributed by atoms with Crippen molar-refractivity contribution in [1.29, 1.82) is 0 Å². The molecule has 2 atom stereocenters. The lowest BCUT2D eigenvalue weighted by molar-refractivity contribution is 0.312. The summed E-state index contributed by atoms with van der Waals surface area (Å²) in [5.74, 6) is -1.14. The van der Waals surface area contributed by atoms with E-state index in [1.165, 1.54) is 11.6 Å². The second-order valence-corrected chi connectivity index (χ2v) is 5.21. The van der Waals surface area contributed by atoms with Crippen molar-refractivity contribution in [2.24, 2.45) is 5.92 Å². The summed E-state index contributed by atoms with van der Waals surface area (Å²) in [4.78, 5) is 0. The van der Waals surface area contributed by atoms with Crippen LogP contribution in [0.15, 0.2) is 23.8 Å². The lowest BCUT2D eigenvalue weighted by Gasteiger charge is -2.25. The number of hydrogen-bond acceptors (Lipinski definition) is 1. The summed E-state index contributed by atoms with van der Waals surface area (Å²) < 4.78 is 33.0. The normalized spacial score (nSPS) is 23.1. The smallest absolute Gasteiger partial charge is 0.200 e. The molecular formula is C16H20F2O. The van der Waals surface area contributed by atoms with Crippen molar-refractivity contribution in [2.75, 3.05) is 6.61 Å². The molecule has 0 heterocycles. The van der Waals surface area contributed by atoms with Gasteiger partial charge in [0.2, 0.25) is 5.82 Å². The van der Waals surface area contributed by atoms with Crippen molar-refractivity contribution in [3.8, 4) is 5.75 Å². The van der Waals surface area contributed by atoms with E-state index in [0.717, 1.165) is 12.8 Å². The Balaban J connectivity index is 2.34. The summed E-state index contributed by atoms with van der Waals surface area (Å²) in [6.07, 6.45) is 3.94. The van der Waals surface area contributed by atoms with Crippen molar-refractivity contribution in [1.82, 2.24) is 0 Å². The lowest BCUT2D eigenvalue weighted by atomic mass is 9.81. The molecule has 3 heteroatoms. The average Bonchev–Trinajstić information content (AvgIpc) is 2.39. The Hall–Kier alpha value is -1.38. The van der Waals surface area contributed by atoms with E-state index in [2.05, 4.69) is 19.9 Å². The molecule has 2 unspecified atom stereocenters. The summed E-state index contributed by atoms with van der Waals surface area (Å²) in [5, 5.41) is 0. The second-order valence-electron chi connectivity index (χ2n) is 5.21. The Kier molecular flexibility index (Phi) is 4.23. The Morgan fingerprint density at radius 1 is 1.21 bits per heavy atom. The van der Waals surface area contributed by atoms with Gasteiger partial charge in [0.1, 0.15) is 0 Å². The number of halogens is 2. The fraction of sp³-hybridized carbons (Fsp3) is 0.500. The van der Waals surface area contributed by atoms with Crippen molar-refractivity contribution >= 4 is 0 Å². The van der Waals surface area contributed by atoms with Crippen molar-refractivity contribution in [3.63, 3.8) is 0 Å². The zero-order valence-electron chi connectivity index (χ0n) is 11.7. The van der Waals surface area contributed by atoms with Crippen LogP contribution in [0, 0.1) is 17.6 Å². The van der Waals surface area contributed by atoms with Crippen molar-refractivity contribution in [3.05, 3.63) is 41.0 Å². The Morgan fingerprint density at radius 3 is 2.58 bits per heavy atom. The number of hydrogen-bond donors (Lipinski definition) is 0. The van der Waals surface area contributed by atoms with Crippen LogP contribution >= 0.6 is 0 Å². The molecule has 0 N–H and O–H groups in total. The first-order valence-electron chi connectivity index (χ1n) is 6.83. The van der Waals surface area contributed by atoms with Crippen LogP contribution < -0.4 is 4.74 Å². The van der Waals surface area contributed by atoms with Gasteiger partial charge in [-0.3, -0.25) is 0 Å². The molecule has 0 aromatic heterocycles. The predicted molar refractivity (Wildman–Crippen MR) is 72.4 cm³/mol. The van der Waals surface area contributed by atoms with Gasteiger partial charge in [0.25, 0.3) is 0 Å². The molecule has 0 aliphatic heterocycles. The van der Waals surface area contributed by atoms with Crippen LogP contribution in [-0.2, 0) is 0 Å². The minimum atomic E-state index is -0.871. The first-order valence-corrected chi connectivity index (χ1v) is 6.83. The Morgan fingerprint density at radius 2 is 1.95 bits per heavy atom. The monoisotopic (exact) mass is 266 g/mol. The number of allylic oxidation sites excluding steroid dienone is 2. The van der Waals surface area contributed by atoms with E-state index in [4.69, 9.17) is 4.74 Å². The van der Waals surface area contributed by atoms with E-state index in [0.29, 0.717) is 18.1 Å². The lowest BCUT2D eigenvalue weighted by Crippen LogP contribution is -2.11. The molecule has 19 heavy (non-hydrogen) atoms. The van der Waals surface area contributed by atoms with Crippen LogP contribution in [-0.4, -0.2) is 6.61 Å². The third kappa shape index (κ3) is 2.80. The first-order chi connectivity index (χ1) is 9.04. The maximum absolute atomic E-state index is 14.1. The largest absolute Gasteiger partial charge is 0.491 e. The van der Waals surface area contributed by atoms with Crippen LogP contribution in [0.5, 0.6) is 5.75 Å². The standard InChI is InChI=1S/C16H20F2O/c1-4-19-14-8-7-13(15(17)16(14)18)12-6-5-10(2)11(3)9-12/h7-10,12H,4-6H2,1-3H3. The third-order valence-corrected chi connectivity index (χ3v) is 3.93. The quantitative estimate of drug-likeness (QED) is 0.712. The maximum atomic E-state index is 14.1. The first kappa shape index (κ1) is 14.0. The molecule has 0 saturated heterocycles. The van der Waals surface area contributed by atoms with Crippen LogP contribution in [0.25, 0.3) is 0 Å². The molecular weight excluding hydrogens is 246 g/mol. The fourth-order valence-corrected chi connectivity index (χ4v) is 2.57. The highest BCUT2D eigenvalue weighted by molar-refractivity contribution is 5.36. The Bertz CT molecular complexity index is 494. The second kappa shape index (κ2) is 5.72. The molecule has 104 valence electrons. The average molecular weight is 266 g/mol. The molecule has 1 aromatic rings. The van der Waals surface area contributed by atoms with Crippen LogP contribution in [0.3, 0.4) is 0 Å². The zero-order valence-corrected chi connectivity index (χ0v) is 11.7. The van der Waals surface area contributed by atoms with E-state index in [9.17, 15) is 8.78 Å². The molecule has 1 aliphatic rings. The molecule has 1 aromatic carbocycles. The van der Waals surface area contributed by atoms with Crippen molar-refractivity contribution in [2.45, 2.75) is 39.5 Å². The molecule has 0 amide bonds. The molecule has 0 radical (unpaired) electrons. The summed E-state index contributed by atoms with van der Waals surface area (Å²) in [7, 11) is 0. The molecule has 1 aliphatic carbocycles. The van der Waals surface area contributed by atoms with Gasteiger partial charge in [-0.2, -0.15) is 4.39 Å². The highest BCUT2D eigenvalue weighted by atomic mass is 19.2. The highest BCUT2D eigenvalue weighted by Gasteiger charge is 2.23. The van der Waals surface area contributed by atoms with E-state index in [1.807, 2.05) is 0 Å². The minimum absolute atomic E-state index is 0.00590.